The van der Waals surface area contributed by atoms with Crippen molar-refractivity contribution < 1.29 is 9.90 Å². The van der Waals surface area contributed by atoms with E-state index in [1.165, 1.54) is 4.57 Å². The van der Waals surface area contributed by atoms with Crippen LogP contribution in [0, 0.1) is 0 Å². The Kier molecular flexibility index (Phi) is 4.77. The number of aromatic amines is 1. The molecule has 3 aromatic rings. The number of nitrogens with one attached hydrogen (secondary N) is 2. The number of para-hydroxylation sites is 2. The molecule has 0 spiro atoms. The Hall–Kier alpha value is -2.86. The number of aliphatic hydroxyl groups is 1. The van der Waals surface area contributed by atoms with E-state index in [2.05, 4.69) is 10.3 Å². The zero-order chi connectivity index (χ0) is 16.9. The van der Waals surface area contributed by atoms with E-state index in [1.54, 1.807) is 6.07 Å². The van der Waals surface area contributed by atoms with Gasteiger partial charge in [0.05, 0.1) is 17.6 Å². The maximum absolute atomic E-state index is 12.1. The molecular formula is C18H19N3O3. The number of carbonyl (C=O) groups is 1. The van der Waals surface area contributed by atoms with E-state index in [9.17, 15) is 9.59 Å². The second-order valence-electron chi connectivity index (χ2n) is 5.61. The maximum atomic E-state index is 12.1. The summed E-state index contributed by atoms with van der Waals surface area (Å²) in [6, 6.07) is 14.9. The van der Waals surface area contributed by atoms with Crippen LogP contribution in [0.5, 0.6) is 0 Å². The molecule has 124 valence electrons. The Morgan fingerprint density at radius 2 is 1.79 bits per heavy atom. The molecule has 24 heavy (non-hydrogen) atoms. The zero-order valence-electron chi connectivity index (χ0n) is 13.2. The van der Waals surface area contributed by atoms with E-state index < -0.39 is 0 Å². The van der Waals surface area contributed by atoms with E-state index in [1.807, 2.05) is 42.5 Å². The van der Waals surface area contributed by atoms with Crippen molar-refractivity contribution in [2.75, 3.05) is 6.54 Å². The first-order valence-corrected chi connectivity index (χ1v) is 7.80. The summed E-state index contributed by atoms with van der Waals surface area (Å²) in [5, 5.41) is 11.8. The van der Waals surface area contributed by atoms with Crippen molar-refractivity contribution in [3.8, 4) is 0 Å². The number of hydrogen-bond acceptors (Lipinski definition) is 3. The van der Waals surface area contributed by atoms with Crippen LogP contribution in [0.4, 0.5) is 0 Å². The van der Waals surface area contributed by atoms with E-state index >= 15 is 0 Å². The number of aromatic nitrogens is 2. The number of nitrogens with zero attached hydrogens (tertiary/aromatic N) is 1. The molecule has 6 heteroatoms. The van der Waals surface area contributed by atoms with Crippen molar-refractivity contribution in [3.63, 3.8) is 0 Å². The van der Waals surface area contributed by atoms with Crippen molar-refractivity contribution in [1.29, 1.82) is 0 Å². The fourth-order valence-corrected chi connectivity index (χ4v) is 2.62. The van der Waals surface area contributed by atoms with E-state index in [0.717, 1.165) is 22.2 Å². The summed E-state index contributed by atoms with van der Waals surface area (Å²) in [5.74, 6) is -0.200. The van der Waals surface area contributed by atoms with Crippen molar-refractivity contribution >= 4 is 16.9 Å². The first-order chi connectivity index (χ1) is 11.7. The van der Waals surface area contributed by atoms with Gasteiger partial charge in [-0.1, -0.05) is 36.4 Å². The highest BCUT2D eigenvalue weighted by Crippen LogP contribution is 2.08. The standard InChI is InChI=1S/C18H19N3O3/c22-12-14-7-5-13(6-8-14)9-10-19-17(23)11-21-16-4-2-1-3-15(16)20-18(21)24/h1-8,22H,9-12H2,(H,19,23)(H,20,24). The van der Waals surface area contributed by atoms with Gasteiger partial charge in [0.15, 0.2) is 0 Å². The summed E-state index contributed by atoms with van der Waals surface area (Å²) in [6.07, 6.45) is 0.695. The van der Waals surface area contributed by atoms with Gasteiger partial charge in [-0.05, 0) is 29.7 Å². The number of fused-ring (bicyclic) bond motifs is 1. The fraction of sp³-hybridized carbons (Fsp3) is 0.222. The first kappa shape index (κ1) is 16.0. The van der Waals surface area contributed by atoms with E-state index in [0.29, 0.717) is 13.0 Å². The Bertz CT molecular complexity index is 894. The Balaban J connectivity index is 1.57. The average Bonchev–Trinajstić information content (AvgIpc) is 2.91. The normalized spacial score (nSPS) is 10.9. The third kappa shape index (κ3) is 3.55. The molecule has 0 saturated heterocycles. The van der Waals surface area contributed by atoms with Crippen LogP contribution in [0.3, 0.4) is 0 Å². The Morgan fingerprint density at radius 3 is 2.54 bits per heavy atom. The van der Waals surface area contributed by atoms with Crippen LogP contribution in [0.15, 0.2) is 53.3 Å². The number of aliphatic hydroxyl groups excluding tert-OH is 1. The van der Waals surface area contributed by atoms with Gasteiger partial charge in [0.2, 0.25) is 5.91 Å². The number of amides is 1. The van der Waals surface area contributed by atoms with Gasteiger partial charge in [0.25, 0.3) is 0 Å². The average molecular weight is 325 g/mol. The van der Waals surface area contributed by atoms with Crippen LogP contribution < -0.4 is 11.0 Å². The van der Waals surface area contributed by atoms with Gasteiger partial charge < -0.3 is 15.4 Å². The molecule has 3 N–H and O–H groups in total. The number of hydrogen-bond donors (Lipinski definition) is 3. The monoisotopic (exact) mass is 325 g/mol. The molecule has 1 amide bonds. The molecule has 0 unspecified atom stereocenters. The molecule has 2 aromatic carbocycles. The highest BCUT2D eigenvalue weighted by atomic mass is 16.3. The summed E-state index contributed by atoms with van der Waals surface area (Å²) in [4.78, 5) is 26.7. The van der Waals surface area contributed by atoms with Crippen LogP contribution in [0.25, 0.3) is 11.0 Å². The third-order valence-corrected chi connectivity index (χ3v) is 3.92. The minimum Gasteiger partial charge on any atom is -0.392 e. The maximum Gasteiger partial charge on any atom is 0.326 e. The molecule has 6 nitrogen and oxygen atoms in total. The SMILES string of the molecule is O=C(Cn1c(=O)[nH]c2ccccc21)NCCc1ccc(CO)cc1. The number of H-pyrrole nitrogens is 1. The molecule has 0 atom stereocenters. The lowest BCUT2D eigenvalue weighted by molar-refractivity contribution is -0.121. The van der Waals surface area contributed by atoms with E-state index in [4.69, 9.17) is 5.11 Å². The lowest BCUT2D eigenvalue weighted by Gasteiger charge is -2.07. The lowest BCUT2D eigenvalue weighted by Crippen LogP contribution is -2.32. The van der Waals surface area contributed by atoms with Crippen LogP contribution in [-0.4, -0.2) is 27.1 Å². The van der Waals surface area contributed by atoms with Gasteiger partial charge in [-0.25, -0.2) is 4.79 Å². The van der Waals surface area contributed by atoms with Crippen LogP contribution in [-0.2, 0) is 24.4 Å². The van der Waals surface area contributed by atoms with Gasteiger partial charge in [-0.3, -0.25) is 9.36 Å². The first-order valence-electron chi connectivity index (χ1n) is 7.80. The second kappa shape index (κ2) is 7.14. The summed E-state index contributed by atoms with van der Waals surface area (Å²) in [7, 11) is 0. The molecule has 0 aliphatic rings. The molecule has 0 radical (unpaired) electrons. The van der Waals surface area contributed by atoms with Gasteiger partial charge in [-0.2, -0.15) is 0 Å². The quantitative estimate of drug-likeness (QED) is 0.636. The van der Waals surface area contributed by atoms with Crippen LogP contribution >= 0.6 is 0 Å². The van der Waals surface area contributed by atoms with Crippen LogP contribution in [0.2, 0.25) is 0 Å². The molecule has 0 saturated carbocycles. The molecule has 0 aliphatic heterocycles. The highest BCUT2D eigenvalue weighted by molar-refractivity contribution is 5.80. The summed E-state index contributed by atoms with van der Waals surface area (Å²) >= 11 is 0. The minimum atomic E-state index is -0.286. The second-order valence-corrected chi connectivity index (χ2v) is 5.61. The lowest BCUT2D eigenvalue weighted by atomic mass is 10.1. The fourth-order valence-electron chi connectivity index (χ4n) is 2.62. The predicted octanol–water partition coefficient (Wildman–Crippen LogP) is 1.18. The van der Waals surface area contributed by atoms with Crippen molar-refractivity contribution in [3.05, 3.63) is 70.1 Å². The third-order valence-electron chi connectivity index (χ3n) is 3.92. The largest absolute Gasteiger partial charge is 0.392 e. The number of imidazole rings is 1. The number of carbonyl (C=O) groups excluding carboxylic acids is 1. The van der Waals surface area contributed by atoms with Crippen molar-refractivity contribution in [1.82, 2.24) is 14.9 Å². The Morgan fingerprint density at radius 1 is 1.08 bits per heavy atom. The number of rotatable bonds is 6. The summed E-state index contributed by atoms with van der Waals surface area (Å²) in [5.41, 5.74) is 3.10. The zero-order valence-corrected chi connectivity index (χ0v) is 13.2. The van der Waals surface area contributed by atoms with E-state index in [-0.39, 0.29) is 24.7 Å². The number of benzene rings is 2. The van der Waals surface area contributed by atoms with Crippen LogP contribution in [0.1, 0.15) is 11.1 Å². The Labute approximate surface area is 138 Å². The van der Waals surface area contributed by atoms with Crippen molar-refractivity contribution in [2.24, 2.45) is 0 Å². The molecule has 0 bridgehead atoms. The topological polar surface area (TPSA) is 87.1 Å². The molecule has 0 aliphatic carbocycles. The minimum absolute atomic E-state index is 0.00764. The van der Waals surface area contributed by atoms with Gasteiger partial charge in [-0.15, -0.1) is 0 Å². The smallest absolute Gasteiger partial charge is 0.326 e. The molecule has 0 fully saturated rings. The van der Waals surface area contributed by atoms with Gasteiger partial charge in [0.1, 0.15) is 6.54 Å². The summed E-state index contributed by atoms with van der Waals surface area (Å²) in [6.45, 7) is 0.511. The molecule has 1 heterocycles. The van der Waals surface area contributed by atoms with Gasteiger partial charge >= 0.3 is 5.69 Å². The van der Waals surface area contributed by atoms with Crippen molar-refractivity contribution in [2.45, 2.75) is 19.6 Å². The van der Waals surface area contributed by atoms with Gasteiger partial charge in [0, 0.05) is 6.54 Å². The predicted molar refractivity (Wildman–Crippen MR) is 91.6 cm³/mol. The molecular weight excluding hydrogens is 306 g/mol. The highest BCUT2D eigenvalue weighted by Gasteiger charge is 2.09. The molecule has 3 rings (SSSR count). The molecule has 1 aromatic heterocycles. The summed E-state index contributed by atoms with van der Waals surface area (Å²) < 4.78 is 1.43.